The Kier molecular flexibility index (Phi) is 4.35. The molecule has 0 bridgehead atoms. The number of aryl methyl sites for hydroxylation is 2. The first-order valence-corrected chi connectivity index (χ1v) is 8.07. The van der Waals surface area contributed by atoms with E-state index >= 15 is 0 Å². The predicted octanol–water partition coefficient (Wildman–Crippen LogP) is 5.58. The van der Waals surface area contributed by atoms with Crippen molar-refractivity contribution in [1.82, 2.24) is 0 Å². The second-order valence-electron chi connectivity index (χ2n) is 5.36. The first kappa shape index (κ1) is 15.6. The van der Waals surface area contributed by atoms with Crippen LogP contribution in [0.5, 0.6) is 0 Å². The fraction of sp³-hybridized carbons (Fsp3) is 0.105. The van der Waals surface area contributed by atoms with Crippen molar-refractivity contribution in [3.63, 3.8) is 0 Å². The molecule has 0 saturated heterocycles. The molecule has 2 aromatic carbocycles. The van der Waals surface area contributed by atoms with Gasteiger partial charge in [-0.25, -0.2) is 0 Å². The van der Waals surface area contributed by atoms with E-state index in [9.17, 15) is 4.79 Å². The molecule has 0 atom stereocenters. The highest BCUT2D eigenvalue weighted by atomic mass is 79.9. The van der Waals surface area contributed by atoms with E-state index in [1.807, 2.05) is 55.5 Å². The van der Waals surface area contributed by atoms with Crippen LogP contribution in [0.1, 0.15) is 21.7 Å². The number of nitrogens with one attached hydrogen (secondary N) is 1. The number of halogens is 1. The van der Waals surface area contributed by atoms with Crippen LogP contribution in [0.4, 0.5) is 5.69 Å². The summed E-state index contributed by atoms with van der Waals surface area (Å²) in [6.45, 7) is 3.76. The smallest absolute Gasteiger partial charge is 0.259 e. The third-order valence-electron chi connectivity index (χ3n) is 3.68. The van der Waals surface area contributed by atoms with Crippen molar-refractivity contribution in [3.8, 4) is 11.3 Å². The van der Waals surface area contributed by atoms with E-state index in [1.54, 1.807) is 13.0 Å². The first-order chi connectivity index (χ1) is 11.0. The van der Waals surface area contributed by atoms with E-state index in [4.69, 9.17) is 4.42 Å². The monoisotopic (exact) mass is 369 g/mol. The van der Waals surface area contributed by atoms with Gasteiger partial charge in [-0.1, -0.05) is 46.3 Å². The van der Waals surface area contributed by atoms with E-state index in [1.165, 1.54) is 0 Å². The zero-order valence-corrected chi connectivity index (χ0v) is 14.5. The summed E-state index contributed by atoms with van der Waals surface area (Å²) in [5.74, 6) is 1.13. The van der Waals surface area contributed by atoms with Crippen molar-refractivity contribution < 1.29 is 9.21 Å². The highest BCUT2D eigenvalue weighted by molar-refractivity contribution is 9.10. The fourth-order valence-corrected chi connectivity index (χ4v) is 2.63. The minimum Gasteiger partial charge on any atom is -0.461 e. The highest BCUT2D eigenvalue weighted by Gasteiger charge is 2.16. The van der Waals surface area contributed by atoms with Gasteiger partial charge in [-0.05, 0) is 43.7 Å². The molecule has 0 fully saturated rings. The second-order valence-corrected chi connectivity index (χ2v) is 6.27. The van der Waals surface area contributed by atoms with E-state index in [0.29, 0.717) is 17.1 Å². The van der Waals surface area contributed by atoms with Gasteiger partial charge in [0.15, 0.2) is 0 Å². The molecular formula is C19H16BrNO2. The number of furan rings is 1. The lowest BCUT2D eigenvalue weighted by Crippen LogP contribution is -2.12. The Labute approximate surface area is 143 Å². The maximum atomic E-state index is 12.5. The Morgan fingerprint density at radius 3 is 2.43 bits per heavy atom. The maximum absolute atomic E-state index is 12.5. The lowest BCUT2D eigenvalue weighted by atomic mass is 10.1. The van der Waals surface area contributed by atoms with Crippen LogP contribution in [0.25, 0.3) is 11.3 Å². The van der Waals surface area contributed by atoms with Crippen molar-refractivity contribution in [3.05, 3.63) is 76.0 Å². The number of benzene rings is 2. The number of carbonyl (C=O) groups excluding carboxylic acids is 1. The van der Waals surface area contributed by atoms with Crippen molar-refractivity contribution >= 4 is 27.5 Å². The van der Waals surface area contributed by atoms with Crippen LogP contribution in [0.3, 0.4) is 0 Å². The topological polar surface area (TPSA) is 42.2 Å². The molecule has 0 unspecified atom stereocenters. The highest BCUT2D eigenvalue weighted by Crippen LogP contribution is 2.27. The van der Waals surface area contributed by atoms with Crippen LogP contribution < -0.4 is 5.32 Å². The summed E-state index contributed by atoms with van der Waals surface area (Å²) < 4.78 is 6.76. The molecule has 0 aliphatic heterocycles. The molecule has 1 amide bonds. The normalized spacial score (nSPS) is 10.6. The van der Waals surface area contributed by atoms with Crippen molar-refractivity contribution in [2.75, 3.05) is 5.32 Å². The fourth-order valence-electron chi connectivity index (χ4n) is 2.37. The molecule has 4 heteroatoms. The van der Waals surface area contributed by atoms with Gasteiger partial charge < -0.3 is 9.73 Å². The van der Waals surface area contributed by atoms with Crippen LogP contribution in [0, 0.1) is 13.8 Å². The number of amides is 1. The molecule has 0 spiro atoms. The van der Waals surface area contributed by atoms with E-state index in [0.717, 1.165) is 21.3 Å². The zero-order chi connectivity index (χ0) is 16.4. The van der Waals surface area contributed by atoms with Crippen LogP contribution in [0.2, 0.25) is 0 Å². The molecule has 3 nitrogen and oxygen atoms in total. The lowest BCUT2D eigenvalue weighted by Gasteiger charge is -2.06. The number of carbonyl (C=O) groups is 1. The number of para-hydroxylation sites is 1. The SMILES string of the molecule is Cc1ccccc1NC(=O)c1cc(-c2ccc(Br)cc2)oc1C. The Morgan fingerprint density at radius 1 is 1.04 bits per heavy atom. The number of hydrogen-bond donors (Lipinski definition) is 1. The van der Waals surface area contributed by atoms with E-state index < -0.39 is 0 Å². The molecule has 0 aliphatic carbocycles. The summed E-state index contributed by atoms with van der Waals surface area (Å²) in [5.41, 5.74) is 3.32. The molecule has 0 aliphatic rings. The van der Waals surface area contributed by atoms with Crippen LogP contribution in [0.15, 0.2) is 63.5 Å². The number of rotatable bonds is 3. The van der Waals surface area contributed by atoms with Crippen molar-refractivity contribution in [2.24, 2.45) is 0 Å². The molecule has 116 valence electrons. The van der Waals surface area contributed by atoms with Gasteiger partial charge in [0.1, 0.15) is 11.5 Å². The third-order valence-corrected chi connectivity index (χ3v) is 4.21. The summed E-state index contributed by atoms with van der Waals surface area (Å²) >= 11 is 3.41. The average Bonchev–Trinajstić information content (AvgIpc) is 2.92. The van der Waals surface area contributed by atoms with Gasteiger partial charge in [-0.15, -0.1) is 0 Å². The Balaban J connectivity index is 1.87. The third kappa shape index (κ3) is 3.37. The Bertz CT molecular complexity index is 850. The number of anilines is 1. The summed E-state index contributed by atoms with van der Waals surface area (Å²) in [6, 6.07) is 17.3. The Hall–Kier alpha value is -2.33. The van der Waals surface area contributed by atoms with Crippen molar-refractivity contribution in [1.29, 1.82) is 0 Å². The lowest BCUT2D eigenvalue weighted by molar-refractivity contribution is 0.102. The van der Waals surface area contributed by atoms with E-state index in [2.05, 4.69) is 21.2 Å². The van der Waals surface area contributed by atoms with Gasteiger partial charge in [0.05, 0.1) is 5.56 Å². The van der Waals surface area contributed by atoms with Gasteiger partial charge in [0.25, 0.3) is 5.91 Å². The first-order valence-electron chi connectivity index (χ1n) is 7.28. The largest absolute Gasteiger partial charge is 0.461 e. The molecule has 23 heavy (non-hydrogen) atoms. The molecule has 1 aromatic heterocycles. The van der Waals surface area contributed by atoms with Crippen LogP contribution in [-0.4, -0.2) is 5.91 Å². The van der Waals surface area contributed by atoms with Crippen LogP contribution in [-0.2, 0) is 0 Å². The molecule has 1 N–H and O–H groups in total. The average molecular weight is 370 g/mol. The van der Waals surface area contributed by atoms with Gasteiger partial charge in [-0.2, -0.15) is 0 Å². The number of hydrogen-bond acceptors (Lipinski definition) is 2. The van der Waals surface area contributed by atoms with Crippen LogP contribution >= 0.6 is 15.9 Å². The molecule has 3 rings (SSSR count). The Morgan fingerprint density at radius 2 is 1.74 bits per heavy atom. The zero-order valence-electron chi connectivity index (χ0n) is 12.9. The summed E-state index contributed by atoms with van der Waals surface area (Å²) in [6.07, 6.45) is 0. The molecule has 0 radical (unpaired) electrons. The van der Waals surface area contributed by atoms with Crippen molar-refractivity contribution in [2.45, 2.75) is 13.8 Å². The molecule has 1 heterocycles. The minimum atomic E-state index is -0.163. The quantitative estimate of drug-likeness (QED) is 0.654. The van der Waals surface area contributed by atoms with Gasteiger partial charge in [0, 0.05) is 15.7 Å². The standard InChI is InChI=1S/C19H16BrNO2/c1-12-5-3-4-6-17(12)21-19(22)16-11-18(23-13(16)2)14-7-9-15(20)10-8-14/h3-11H,1-2H3,(H,21,22). The summed E-state index contributed by atoms with van der Waals surface area (Å²) in [7, 11) is 0. The maximum Gasteiger partial charge on any atom is 0.259 e. The predicted molar refractivity (Wildman–Crippen MR) is 95.7 cm³/mol. The van der Waals surface area contributed by atoms with E-state index in [-0.39, 0.29) is 5.91 Å². The van der Waals surface area contributed by atoms with Gasteiger partial charge in [0.2, 0.25) is 0 Å². The molecular weight excluding hydrogens is 354 g/mol. The molecule has 0 saturated carbocycles. The second kappa shape index (κ2) is 6.42. The summed E-state index contributed by atoms with van der Waals surface area (Å²) in [4.78, 5) is 12.5. The van der Waals surface area contributed by atoms with Gasteiger partial charge in [-0.3, -0.25) is 4.79 Å². The summed E-state index contributed by atoms with van der Waals surface area (Å²) in [5, 5.41) is 2.93. The van der Waals surface area contributed by atoms with Gasteiger partial charge >= 0.3 is 0 Å². The minimum absolute atomic E-state index is 0.163. The molecule has 3 aromatic rings.